The summed E-state index contributed by atoms with van der Waals surface area (Å²) in [5.74, 6) is 0.142. The average Bonchev–Trinajstić information content (AvgIpc) is 2.55. The van der Waals surface area contributed by atoms with Gasteiger partial charge in [-0.15, -0.1) is 11.8 Å². The maximum Gasteiger partial charge on any atom is 0.226 e. The van der Waals surface area contributed by atoms with Crippen molar-refractivity contribution in [1.29, 1.82) is 0 Å². The fourth-order valence-electron chi connectivity index (χ4n) is 2.08. The van der Waals surface area contributed by atoms with E-state index in [1.54, 1.807) is 22.9 Å². The molecule has 1 amide bonds. The molecule has 0 N–H and O–H groups in total. The van der Waals surface area contributed by atoms with E-state index in [1.807, 2.05) is 55.8 Å². The van der Waals surface area contributed by atoms with Crippen LogP contribution in [0, 0.1) is 0 Å². The van der Waals surface area contributed by atoms with Crippen molar-refractivity contribution in [2.24, 2.45) is 0 Å². The Morgan fingerprint density at radius 1 is 1.19 bits per heavy atom. The van der Waals surface area contributed by atoms with Crippen LogP contribution in [-0.2, 0) is 11.2 Å². The summed E-state index contributed by atoms with van der Waals surface area (Å²) in [6, 6.07) is 13.9. The van der Waals surface area contributed by atoms with Gasteiger partial charge in [-0.05, 0) is 55.5 Å². The van der Waals surface area contributed by atoms with Gasteiger partial charge in [0.2, 0.25) is 5.91 Å². The van der Waals surface area contributed by atoms with Crippen LogP contribution in [-0.4, -0.2) is 24.2 Å². The first kappa shape index (κ1) is 15.6. The zero-order valence-corrected chi connectivity index (χ0v) is 13.3. The number of hydrogen-bond donors (Lipinski definition) is 0. The Morgan fingerprint density at radius 2 is 1.95 bits per heavy atom. The van der Waals surface area contributed by atoms with Crippen LogP contribution in [0.15, 0.2) is 53.6 Å². The van der Waals surface area contributed by atoms with Gasteiger partial charge in [0.1, 0.15) is 0 Å². The number of aromatic nitrogens is 1. The lowest BCUT2D eigenvalue weighted by Gasteiger charge is -2.17. The van der Waals surface area contributed by atoms with Crippen molar-refractivity contribution in [3.8, 4) is 0 Å². The molecule has 110 valence electrons. The van der Waals surface area contributed by atoms with Crippen molar-refractivity contribution in [3.63, 3.8) is 0 Å². The van der Waals surface area contributed by atoms with E-state index in [4.69, 9.17) is 0 Å². The molecule has 2 aromatic rings. The molecule has 0 aliphatic carbocycles. The molecular weight excluding hydrogens is 280 g/mol. The lowest BCUT2D eigenvalue weighted by Crippen LogP contribution is -2.25. The Labute approximate surface area is 130 Å². The van der Waals surface area contributed by atoms with Gasteiger partial charge in [-0.1, -0.05) is 6.07 Å². The molecule has 0 aliphatic rings. The summed E-state index contributed by atoms with van der Waals surface area (Å²) in [4.78, 5) is 19.4. The number of carbonyl (C=O) groups excluding carboxylic acids is 1. The summed E-state index contributed by atoms with van der Waals surface area (Å²) >= 11 is 1.70. The molecule has 0 saturated carbocycles. The van der Waals surface area contributed by atoms with Crippen LogP contribution >= 0.6 is 11.8 Å². The molecule has 3 nitrogen and oxygen atoms in total. The smallest absolute Gasteiger partial charge is 0.226 e. The van der Waals surface area contributed by atoms with E-state index in [1.165, 1.54) is 4.90 Å². The van der Waals surface area contributed by atoms with Crippen LogP contribution in [0.3, 0.4) is 0 Å². The molecule has 0 bridgehead atoms. The summed E-state index contributed by atoms with van der Waals surface area (Å²) in [7, 11) is 1.83. The molecule has 1 heterocycles. The van der Waals surface area contributed by atoms with Crippen LogP contribution in [0.2, 0.25) is 0 Å². The predicted molar refractivity (Wildman–Crippen MR) is 88.8 cm³/mol. The molecule has 1 aromatic heterocycles. The SMILES string of the molecule is CSc1ccc(N(C)C(=O)CCCc2ccccn2)cc1. The van der Waals surface area contributed by atoms with E-state index in [0.29, 0.717) is 6.42 Å². The second-order valence-electron chi connectivity index (χ2n) is 4.83. The topological polar surface area (TPSA) is 33.2 Å². The Kier molecular flexibility index (Phi) is 5.81. The number of thioether (sulfide) groups is 1. The van der Waals surface area contributed by atoms with Gasteiger partial charge in [0, 0.05) is 35.9 Å². The summed E-state index contributed by atoms with van der Waals surface area (Å²) < 4.78 is 0. The summed E-state index contributed by atoms with van der Waals surface area (Å²) in [5.41, 5.74) is 1.98. The fourth-order valence-corrected chi connectivity index (χ4v) is 2.49. The largest absolute Gasteiger partial charge is 0.316 e. The van der Waals surface area contributed by atoms with Gasteiger partial charge in [0.15, 0.2) is 0 Å². The average molecular weight is 300 g/mol. The van der Waals surface area contributed by atoms with Gasteiger partial charge in [0.05, 0.1) is 0 Å². The highest BCUT2D eigenvalue weighted by atomic mass is 32.2. The van der Waals surface area contributed by atoms with E-state index in [0.717, 1.165) is 24.2 Å². The van der Waals surface area contributed by atoms with Gasteiger partial charge in [-0.3, -0.25) is 9.78 Å². The molecule has 0 unspecified atom stereocenters. The van der Waals surface area contributed by atoms with Gasteiger partial charge in [-0.2, -0.15) is 0 Å². The van der Waals surface area contributed by atoms with Gasteiger partial charge >= 0.3 is 0 Å². The summed E-state index contributed by atoms with van der Waals surface area (Å²) in [5, 5.41) is 0. The van der Waals surface area contributed by atoms with Crippen molar-refractivity contribution in [3.05, 3.63) is 54.4 Å². The third-order valence-corrected chi connectivity index (χ3v) is 4.13. The van der Waals surface area contributed by atoms with E-state index < -0.39 is 0 Å². The maximum absolute atomic E-state index is 12.2. The second-order valence-corrected chi connectivity index (χ2v) is 5.71. The van der Waals surface area contributed by atoms with E-state index in [9.17, 15) is 4.79 Å². The lowest BCUT2D eigenvalue weighted by atomic mass is 10.1. The number of anilines is 1. The van der Waals surface area contributed by atoms with Gasteiger partial charge in [0.25, 0.3) is 0 Å². The standard InChI is InChI=1S/C17H20N2OS/c1-19(15-9-11-16(21-2)12-10-15)17(20)8-5-7-14-6-3-4-13-18-14/h3-4,6,9-13H,5,7-8H2,1-2H3. The molecule has 0 spiro atoms. The number of carbonyl (C=O) groups is 1. The first-order valence-electron chi connectivity index (χ1n) is 7.01. The second kappa shape index (κ2) is 7.84. The van der Waals surface area contributed by atoms with Crippen molar-refractivity contribution in [2.75, 3.05) is 18.2 Å². The minimum absolute atomic E-state index is 0.142. The van der Waals surface area contributed by atoms with Crippen LogP contribution < -0.4 is 4.90 Å². The molecule has 1 aromatic carbocycles. The first-order chi connectivity index (χ1) is 10.2. The Morgan fingerprint density at radius 3 is 2.57 bits per heavy atom. The predicted octanol–water partition coefficient (Wildman–Crippen LogP) is 3.79. The molecule has 4 heteroatoms. The molecule has 0 aliphatic heterocycles. The van der Waals surface area contributed by atoms with Crippen molar-refractivity contribution in [2.45, 2.75) is 24.2 Å². The number of pyridine rings is 1. The van der Waals surface area contributed by atoms with Crippen LogP contribution in [0.1, 0.15) is 18.5 Å². The lowest BCUT2D eigenvalue weighted by molar-refractivity contribution is -0.118. The number of rotatable bonds is 6. The van der Waals surface area contributed by atoms with Gasteiger partial charge in [-0.25, -0.2) is 0 Å². The third-order valence-electron chi connectivity index (χ3n) is 3.38. The number of aryl methyl sites for hydroxylation is 1. The Bertz CT molecular complexity index is 569. The number of hydrogen-bond acceptors (Lipinski definition) is 3. The number of benzene rings is 1. The molecule has 0 saturated heterocycles. The van der Waals surface area contributed by atoms with Crippen molar-refractivity contribution >= 4 is 23.4 Å². The Hall–Kier alpha value is -1.81. The van der Waals surface area contributed by atoms with E-state index in [-0.39, 0.29) is 5.91 Å². The first-order valence-corrected chi connectivity index (χ1v) is 8.23. The summed E-state index contributed by atoms with van der Waals surface area (Å²) in [6.07, 6.45) is 6.03. The molecule has 21 heavy (non-hydrogen) atoms. The highest BCUT2D eigenvalue weighted by Crippen LogP contribution is 2.20. The molecule has 0 fully saturated rings. The minimum atomic E-state index is 0.142. The highest BCUT2D eigenvalue weighted by molar-refractivity contribution is 7.98. The fraction of sp³-hybridized carbons (Fsp3) is 0.294. The molecule has 2 rings (SSSR count). The highest BCUT2D eigenvalue weighted by Gasteiger charge is 2.10. The van der Waals surface area contributed by atoms with Gasteiger partial charge < -0.3 is 4.90 Å². The van der Waals surface area contributed by atoms with E-state index >= 15 is 0 Å². The maximum atomic E-state index is 12.2. The quantitative estimate of drug-likeness (QED) is 0.761. The zero-order chi connectivity index (χ0) is 15.1. The number of amides is 1. The Balaban J connectivity index is 1.84. The van der Waals surface area contributed by atoms with Crippen LogP contribution in [0.25, 0.3) is 0 Å². The van der Waals surface area contributed by atoms with E-state index in [2.05, 4.69) is 4.98 Å². The summed E-state index contributed by atoms with van der Waals surface area (Å²) in [6.45, 7) is 0. The number of nitrogens with zero attached hydrogens (tertiary/aromatic N) is 2. The normalized spacial score (nSPS) is 10.4. The minimum Gasteiger partial charge on any atom is -0.316 e. The van der Waals surface area contributed by atoms with Crippen molar-refractivity contribution < 1.29 is 4.79 Å². The zero-order valence-electron chi connectivity index (χ0n) is 12.5. The molecule has 0 radical (unpaired) electrons. The van der Waals surface area contributed by atoms with Crippen molar-refractivity contribution in [1.82, 2.24) is 4.98 Å². The third kappa shape index (κ3) is 4.60. The molecule has 0 atom stereocenters. The van der Waals surface area contributed by atoms with Crippen LogP contribution in [0.4, 0.5) is 5.69 Å². The molecular formula is C17H20N2OS. The van der Waals surface area contributed by atoms with Crippen LogP contribution in [0.5, 0.6) is 0 Å². The monoisotopic (exact) mass is 300 g/mol.